The van der Waals surface area contributed by atoms with Gasteiger partial charge in [0.15, 0.2) is 0 Å². The molecule has 0 N–H and O–H groups in total. The van der Waals surface area contributed by atoms with Crippen LogP contribution in [0.3, 0.4) is 0 Å². The van der Waals surface area contributed by atoms with Gasteiger partial charge in [0.1, 0.15) is 5.78 Å². The SMILES string of the molecule is CC(C)C1CCC(=O)CC1c1ccns1. The molecule has 2 atom stereocenters. The van der Waals surface area contributed by atoms with Crippen molar-refractivity contribution in [3.63, 3.8) is 0 Å². The topological polar surface area (TPSA) is 30.0 Å². The first kappa shape index (κ1) is 10.8. The van der Waals surface area contributed by atoms with Gasteiger partial charge in [0, 0.05) is 29.8 Å². The van der Waals surface area contributed by atoms with Crippen LogP contribution in [0, 0.1) is 11.8 Å². The van der Waals surface area contributed by atoms with Gasteiger partial charge >= 0.3 is 0 Å². The number of Topliss-reactive ketones (excluding diaryl/α,β-unsaturated/α-hetero) is 1. The fourth-order valence-electron chi connectivity index (χ4n) is 2.55. The average molecular weight is 223 g/mol. The molecular formula is C12H17NOS. The van der Waals surface area contributed by atoms with Gasteiger partial charge in [-0.1, -0.05) is 13.8 Å². The zero-order valence-electron chi connectivity index (χ0n) is 9.27. The summed E-state index contributed by atoms with van der Waals surface area (Å²) in [4.78, 5) is 12.8. The molecule has 1 heterocycles. The monoisotopic (exact) mass is 223 g/mol. The quantitative estimate of drug-likeness (QED) is 0.770. The largest absolute Gasteiger partial charge is 0.300 e. The highest BCUT2D eigenvalue weighted by molar-refractivity contribution is 7.05. The van der Waals surface area contributed by atoms with Crippen LogP contribution in [0.15, 0.2) is 12.3 Å². The zero-order chi connectivity index (χ0) is 10.8. The minimum Gasteiger partial charge on any atom is -0.300 e. The van der Waals surface area contributed by atoms with E-state index < -0.39 is 0 Å². The van der Waals surface area contributed by atoms with E-state index in [1.165, 1.54) is 4.88 Å². The molecule has 2 nitrogen and oxygen atoms in total. The second-order valence-electron chi connectivity index (χ2n) is 4.71. The molecule has 0 bridgehead atoms. The Labute approximate surface area is 94.9 Å². The van der Waals surface area contributed by atoms with Crippen molar-refractivity contribution in [2.75, 3.05) is 0 Å². The Morgan fingerprint density at radius 3 is 2.93 bits per heavy atom. The molecule has 1 fully saturated rings. The Morgan fingerprint density at radius 2 is 2.33 bits per heavy atom. The van der Waals surface area contributed by atoms with Gasteiger partial charge < -0.3 is 0 Å². The molecule has 1 saturated carbocycles. The minimum atomic E-state index is 0.422. The van der Waals surface area contributed by atoms with Crippen LogP contribution in [-0.2, 0) is 4.79 Å². The van der Waals surface area contributed by atoms with E-state index in [0.29, 0.717) is 23.5 Å². The molecule has 2 rings (SSSR count). The van der Waals surface area contributed by atoms with Crippen LogP contribution in [0.1, 0.15) is 43.9 Å². The zero-order valence-corrected chi connectivity index (χ0v) is 10.1. The van der Waals surface area contributed by atoms with E-state index in [0.717, 1.165) is 19.3 Å². The molecule has 1 aliphatic rings. The summed E-state index contributed by atoms with van der Waals surface area (Å²) in [5, 5.41) is 0. The average Bonchev–Trinajstić information content (AvgIpc) is 2.69. The van der Waals surface area contributed by atoms with E-state index in [9.17, 15) is 4.79 Å². The minimum absolute atomic E-state index is 0.422. The van der Waals surface area contributed by atoms with E-state index in [1.54, 1.807) is 11.5 Å². The number of rotatable bonds is 2. The van der Waals surface area contributed by atoms with Crippen molar-refractivity contribution in [2.24, 2.45) is 11.8 Å². The second kappa shape index (κ2) is 4.44. The lowest BCUT2D eigenvalue weighted by molar-refractivity contribution is -0.121. The predicted octanol–water partition coefficient (Wildman–Crippen LogP) is 3.25. The van der Waals surface area contributed by atoms with Crippen molar-refractivity contribution >= 4 is 17.3 Å². The highest BCUT2D eigenvalue weighted by atomic mass is 32.1. The van der Waals surface area contributed by atoms with Crippen molar-refractivity contribution in [3.8, 4) is 0 Å². The van der Waals surface area contributed by atoms with Crippen LogP contribution >= 0.6 is 11.5 Å². The van der Waals surface area contributed by atoms with Gasteiger partial charge in [-0.3, -0.25) is 4.79 Å². The highest BCUT2D eigenvalue weighted by Gasteiger charge is 2.32. The summed E-state index contributed by atoms with van der Waals surface area (Å²) >= 11 is 1.55. The number of carbonyl (C=O) groups excluding carboxylic acids is 1. The fourth-order valence-corrected chi connectivity index (χ4v) is 3.31. The summed E-state index contributed by atoms with van der Waals surface area (Å²) in [6, 6.07) is 2.07. The number of hydrogen-bond donors (Lipinski definition) is 0. The highest BCUT2D eigenvalue weighted by Crippen LogP contribution is 2.41. The molecule has 1 aliphatic carbocycles. The lowest BCUT2D eigenvalue weighted by Gasteiger charge is -2.32. The van der Waals surface area contributed by atoms with Crippen molar-refractivity contribution in [1.82, 2.24) is 4.37 Å². The molecule has 0 saturated heterocycles. The van der Waals surface area contributed by atoms with E-state index >= 15 is 0 Å². The third kappa shape index (κ3) is 2.28. The Kier molecular flexibility index (Phi) is 3.19. The van der Waals surface area contributed by atoms with Crippen molar-refractivity contribution < 1.29 is 4.79 Å². The van der Waals surface area contributed by atoms with Crippen LogP contribution in [-0.4, -0.2) is 10.2 Å². The molecule has 3 heteroatoms. The molecule has 1 aromatic rings. The number of nitrogens with zero attached hydrogens (tertiary/aromatic N) is 1. The van der Waals surface area contributed by atoms with Gasteiger partial charge in [-0.25, -0.2) is 4.37 Å². The summed E-state index contributed by atoms with van der Waals surface area (Å²) in [6.07, 6.45) is 4.40. The summed E-state index contributed by atoms with van der Waals surface area (Å²) in [5.41, 5.74) is 0. The van der Waals surface area contributed by atoms with Crippen LogP contribution in [0.5, 0.6) is 0 Å². The first-order valence-electron chi connectivity index (χ1n) is 5.60. The van der Waals surface area contributed by atoms with E-state index in [-0.39, 0.29) is 0 Å². The fraction of sp³-hybridized carbons (Fsp3) is 0.667. The molecule has 0 radical (unpaired) electrons. The molecule has 2 unspecified atom stereocenters. The summed E-state index contributed by atoms with van der Waals surface area (Å²) in [7, 11) is 0. The Morgan fingerprint density at radius 1 is 1.53 bits per heavy atom. The maximum Gasteiger partial charge on any atom is 0.133 e. The predicted molar refractivity (Wildman–Crippen MR) is 62.0 cm³/mol. The maximum absolute atomic E-state index is 11.5. The van der Waals surface area contributed by atoms with Crippen molar-refractivity contribution in [2.45, 2.75) is 39.0 Å². The van der Waals surface area contributed by atoms with Gasteiger partial charge in [-0.05, 0) is 35.9 Å². The maximum atomic E-state index is 11.5. The molecular weight excluding hydrogens is 206 g/mol. The molecule has 1 aromatic heterocycles. The summed E-state index contributed by atoms with van der Waals surface area (Å²) < 4.78 is 4.15. The Bertz CT molecular complexity index is 331. The first-order chi connectivity index (χ1) is 7.18. The van der Waals surface area contributed by atoms with Crippen molar-refractivity contribution in [3.05, 3.63) is 17.1 Å². The van der Waals surface area contributed by atoms with Crippen molar-refractivity contribution in [1.29, 1.82) is 0 Å². The molecule has 0 aromatic carbocycles. The molecule has 82 valence electrons. The number of carbonyl (C=O) groups is 1. The molecule has 0 amide bonds. The van der Waals surface area contributed by atoms with Crippen LogP contribution in [0.25, 0.3) is 0 Å². The Hall–Kier alpha value is -0.700. The van der Waals surface area contributed by atoms with Gasteiger partial charge in [-0.2, -0.15) is 0 Å². The van der Waals surface area contributed by atoms with E-state index in [2.05, 4.69) is 24.3 Å². The van der Waals surface area contributed by atoms with Crippen LogP contribution in [0.4, 0.5) is 0 Å². The molecule has 15 heavy (non-hydrogen) atoms. The lowest BCUT2D eigenvalue weighted by Crippen LogP contribution is -2.26. The molecule has 0 spiro atoms. The summed E-state index contributed by atoms with van der Waals surface area (Å²) in [5.74, 6) is 2.16. The standard InChI is InChI=1S/C12H17NOS/c1-8(2)10-4-3-9(14)7-11(10)12-5-6-13-15-12/h5-6,8,10-11H,3-4,7H2,1-2H3. The summed E-state index contributed by atoms with van der Waals surface area (Å²) in [6.45, 7) is 4.52. The third-order valence-electron chi connectivity index (χ3n) is 3.40. The van der Waals surface area contributed by atoms with Gasteiger partial charge in [-0.15, -0.1) is 0 Å². The Balaban J connectivity index is 2.20. The van der Waals surface area contributed by atoms with Crippen LogP contribution < -0.4 is 0 Å². The van der Waals surface area contributed by atoms with Gasteiger partial charge in [0.05, 0.1) is 0 Å². The van der Waals surface area contributed by atoms with Crippen LogP contribution in [0.2, 0.25) is 0 Å². The number of ketones is 1. The lowest BCUT2D eigenvalue weighted by atomic mass is 9.72. The molecule has 0 aliphatic heterocycles. The van der Waals surface area contributed by atoms with E-state index in [1.807, 2.05) is 6.20 Å². The number of hydrogen-bond acceptors (Lipinski definition) is 3. The smallest absolute Gasteiger partial charge is 0.133 e. The van der Waals surface area contributed by atoms with Gasteiger partial charge in [0.25, 0.3) is 0 Å². The van der Waals surface area contributed by atoms with Gasteiger partial charge in [0.2, 0.25) is 0 Å². The van der Waals surface area contributed by atoms with E-state index in [4.69, 9.17) is 0 Å². The normalized spacial score (nSPS) is 27.3. The third-order valence-corrected chi connectivity index (χ3v) is 4.28. The first-order valence-corrected chi connectivity index (χ1v) is 6.38. The second-order valence-corrected chi connectivity index (χ2v) is 5.58. The number of aromatic nitrogens is 1.